The van der Waals surface area contributed by atoms with Gasteiger partial charge in [0.1, 0.15) is 49.0 Å². The van der Waals surface area contributed by atoms with Gasteiger partial charge in [0.25, 0.3) is 0 Å². The molecule has 0 bridgehead atoms. The van der Waals surface area contributed by atoms with Gasteiger partial charge in [-0.15, -0.1) is 0 Å². The number of fused-ring (bicyclic) bond motifs is 1. The lowest BCUT2D eigenvalue weighted by Gasteiger charge is -2.40. The van der Waals surface area contributed by atoms with Crippen molar-refractivity contribution < 1.29 is 69.1 Å². The van der Waals surface area contributed by atoms with E-state index in [1.807, 2.05) is 0 Å². The maximum Gasteiger partial charge on any atom is 0.317 e. The van der Waals surface area contributed by atoms with E-state index in [1.54, 1.807) is 0 Å². The lowest BCUT2D eigenvalue weighted by atomic mass is 9.99. The molecule has 15 heteroatoms. The number of aliphatic hydroxyl groups excluding tert-OH is 3. The minimum Gasteiger partial charge on any atom is -0.507 e. The molecule has 0 aromatic heterocycles. The first-order valence-corrected chi connectivity index (χ1v) is 11.2. The number of ether oxygens (including phenoxy) is 3. The molecule has 2 aliphatic heterocycles. The monoisotopic (exact) mass is 550 g/mol. The largest absolute Gasteiger partial charge is 0.507 e. The number of carboxylic acids is 1. The molecule has 1 aliphatic carbocycles. The first kappa shape index (κ1) is 27.5. The van der Waals surface area contributed by atoms with Crippen LogP contribution in [0.1, 0.15) is 6.42 Å². The van der Waals surface area contributed by atoms with E-state index in [0.717, 1.165) is 30.3 Å². The molecular weight excluding hydrogens is 528 g/mol. The van der Waals surface area contributed by atoms with Gasteiger partial charge in [0.2, 0.25) is 6.29 Å². The molecule has 39 heavy (non-hydrogen) atoms. The second-order valence-corrected chi connectivity index (χ2v) is 8.54. The first-order chi connectivity index (χ1) is 18.3. The second kappa shape index (κ2) is 10.7. The van der Waals surface area contributed by atoms with Crippen LogP contribution in [0.2, 0.25) is 0 Å². The van der Waals surface area contributed by atoms with Crippen LogP contribution in [0.3, 0.4) is 0 Å². The van der Waals surface area contributed by atoms with Gasteiger partial charge >= 0.3 is 11.9 Å². The highest BCUT2D eigenvalue weighted by Gasteiger charge is 2.46. The van der Waals surface area contributed by atoms with Crippen LogP contribution in [-0.2, 0) is 19.1 Å². The summed E-state index contributed by atoms with van der Waals surface area (Å²) in [5.74, 6) is -6.31. The van der Waals surface area contributed by atoms with E-state index in [1.165, 1.54) is 0 Å². The van der Waals surface area contributed by atoms with Crippen molar-refractivity contribution in [3.05, 3.63) is 40.6 Å². The normalized spacial score (nSPS) is 22.9. The Labute approximate surface area is 217 Å². The van der Waals surface area contributed by atoms with Crippen molar-refractivity contribution >= 4 is 11.9 Å². The lowest BCUT2D eigenvalue weighted by Crippen LogP contribution is -2.60. The van der Waals surface area contributed by atoms with Crippen LogP contribution in [0, 0.1) is 0 Å². The van der Waals surface area contributed by atoms with Crippen LogP contribution < -0.4 is 10.2 Å². The highest BCUT2D eigenvalue weighted by Crippen LogP contribution is 2.45. The summed E-state index contributed by atoms with van der Waals surface area (Å²) in [7, 11) is 0. The molecule has 1 fully saturated rings. The first-order valence-electron chi connectivity index (χ1n) is 11.2. The third-order valence-corrected chi connectivity index (χ3v) is 5.75. The molecule has 15 nitrogen and oxygen atoms in total. The summed E-state index contributed by atoms with van der Waals surface area (Å²) >= 11 is 0. The topological polar surface area (TPSA) is 254 Å². The van der Waals surface area contributed by atoms with E-state index in [-0.39, 0.29) is 28.4 Å². The second-order valence-electron chi connectivity index (χ2n) is 8.54. The summed E-state index contributed by atoms with van der Waals surface area (Å²) in [6.07, 6.45) is -9.86. The number of esters is 1. The Hall–Kier alpha value is -4.57. The molecule has 2 heterocycles. The molecule has 0 radical (unpaired) electrons. The summed E-state index contributed by atoms with van der Waals surface area (Å²) in [6, 6.07) is 4.99. The molecule has 3 aliphatic rings. The van der Waals surface area contributed by atoms with Gasteiger partial charge in [-0.25, -0.2) is 0 Å². The zero-order valence-corrected chi connectivity index (χ0v) is 19.6. The number of hydrogen-bond donors (Lipinski definition) is 8. The minimum atomic E-state index is -1.91. The fraction of sp³-hybridized carbons (Fsp3) is 0.292. The zero-order valence-electron chi connectivity index (χ0n) is 19.6. The average Bonchev–Trinajstić information content (AvgIpc) is 2.86. The number of phenols is 4. The number of aromatic hydroxyl groups is 4. The Kier molecular flexibility index (Phi) is 7.51. The maximum absolute atomic E-state index is 11.9. The highest BCUT2D eigenvalue weighted by atomic mass is 16.7. The van der Waals surface area contributed by atoms with Crippen LogP contribution in [0.4, 0.5) is 0 Å². The summed E-state index contributed by atoms with van der Waals surface area (Å²) in [5.41, 5.74) is -0.783. The number of carboxylic acid groups (broad SMARTS) is 1. The van der Waals surface area contributed by atoms with Crippen molar-refractivity contribution in [1.82, 2.24) is 0 Å². The van der Waals surface area contributed by atoms with E-state index in [2.05, 4.69) is 0 Å². The van der Waals surface area contributed by atoms with Crippen LogP contribution in [0.25, 0.3) is 22.6 Å². The molecule has 0 spiro atoms. The van der Waals surface area contributed by atoms with Gasteiger partial charge in [0, 0.05) is 17.7 Å². The van der Waals surface area contributed by atoms with Crippen molar-refractivity contribution in [1.29, 1.82) is 0 Å². The third kappa shape index (κ3) is 5.65. The number of phenolic OH excluding ortho intramolecular Hbond substituents is 4. The SMILES string of the molecule is O=C(O)CC(=O)OC[C@H]1OC(Oc2cc3c(O)cc(=O)cc-3oc2-c2cc(O)c(O)c(O)c2)[C@H](O)[C@@H](O)[C@@H]1O. The fourth-order valence-electron chi connectivity index (χ4n) is 3.82. The standard InChI is InChI=1S/C24H22O15/c25-9-3-11(26)10-5-15(23(37-14(10)4-9)8-1-12(27)19(32)13(28)2-8)38-24-22(35)21(34)20(33)16(39-24)7-36-18(31)6-17(29)30/h1-5,16,20-22,24,26-28,32-35H,6-7H2,(H,29,30)/t16-,20-,21+,22-,24?/m1/s1. The number of hydrogen-bond acceptors (Lipinski definition) is 14. The molecule has 5 atom stereocenters. The van der Waals surface area contributed by atoms with Crippen molar-refractivity contribution in [3.8, 4) is 51.4 Å². The van der Waals surface area contributed by atoms with Crippen molar-refractivity contribution in [3.63, 3.8) is 0 Å². The molecule has 0 saturated carbocycles. The van der Waals surface area contributed by atoms with E-state index >= 15 is 0 Å². The smallest absolute Gasteiger partial charge is 0.317 e. The van der Waals surface area contributed by atoms with Crippen molar-refractivity contribution in [2.75, 3.05) is 6.61 Å². The molecule has 1 saturated heterocycles. The summed E-state index contributed by atoms with van der Waals surface area (Å²) in [6.45, 7) is -0.724. The van der Waals surface area contributed by atoms with Gasteiger partial charge in [-0.2, -0.15) is 0 Å². The Balaban J connectivity index is 1.73. The van der Waals surface area contributed by atoms with Crippen LogP contribution in [0.5, 0.6) is 28.7 Å². The Morgan fingerprint density at radius 3 is 2.18 bits per heavy atom. The molecule has 0 amide bonds. The molecule has 208 valence electrons. The number of aliphatic hydroxyl groups is 3. The zero-order chi connectivity index (χ0) is 28.6. The van der Waals surface area contributed by atoms with Gasteiger partial charge in [-0.05, 0) is 18.2 Å². The van der Waals surface area contributed by atoms with Crippen molar-refractivity contribution in [2.45, 2.75) is 37.1 Å². The van der Waals surface area contributed by atoms with Crippen LogP contribution in [0.15, 0.2) is 39.5 Å². The van der Waals surface area contributed by atoms with E-state index in [0.29, 0.717) is 0 Å². The van der Waals surface area contributed by atoms with Crippen molar-refractivity contribution in [2.24, 2.45) is 0 Å². The third-order valence-electron chi connectivity index (χ3n) is 5.75. The van der Waals surface area contributed by atoms with Crippen LogP contribution >= 0.6 is 0 Å². The number of aliphatic carboxylic acids is 1. The number of carbonyl (C=O) groups is 2. The molecule has 1 unspecified atom stereocenters. The molecule has 1 aromatic rings. The lowest BCUT2D eigenvalue weighted by molar-refractivity contribution is -0.278. The van der Waals surface area contributed by atoms with Gasteiger partial charge in [-0.1, -0.05) is 0 Å². The van der Waals surface area contributed by atoms with Gasteiger partial charge in [0.05, 0.1) is 5.56 Å². The number of benzene rings is 2. The Morgan fingerprint density at radius 1 is 0.872 bits per heavy atom. The van der Waals surface area contributed by atoms with Gasteiger partial charge in [0.15, 0.2) is 34.2 Å². The van der Waals surface area contributed by atoms with Gasteiger partial charge < -0.3 is 59.5 Å². The highest BCUT2D eigenvalue weighted by molar-refractivity contribution is 5.90. The van der Waals surface area contributed by atoms with E-state index in [4.69, 9.17) is 23.7 Å². The quantitative estimate of drug-likeness (QED) is 0.104. The average molecular weight is 550 g/mol. The summed E-state index contributed by atoms with van der Waals surface area (Å²) in [4.78, 5) is 34.1. The Morgan fingerprint density at radius 2 is 1.54 bits per heavy atom. The predicted octanol–water partition coefficient (Wildman–Crippen LogP) is -0.562. The number of carbonyl (C=O) groups excluding carboxylic acids is 1. The van der Waals surface area contributed by atoms with Gasteiger partial charge in [-0.3, -0.25) is 14.4 Å². The van der Waals surface area contributed by atoms with E-state index in [9.17, 15) is 50.1 Å². The molecule has 1 aromatic carbocycles. The summed E-state index contributed by atoms with van der Waals surface area (Å²) in [5, 5.41) is 79.6. The maximum atomic E-state index is 11.9. The number of rotatable bonds is 7. The molecule has 4 rings (SSSR count). The molecule has 8 N–H and O–H groups in total. The molecular formula is C24H22O15. The fourth-order valence-corrected chi connectivity index (χ4v) is 3.82. The predicted molar refractivity (Wildman–Crippen MR) is 124 cm³/mol. The minimum absolute atomic E-state index is 0.0504. The summed E-state index contributed by atoms with van der Waals surface area (Å²) < 4.78 is 21.6. The van der Waals surface area contributed by atoms with E-state index < -0.39 is 84.1 Å². The van der Waals surface area contributed by atoms with Crippen LogP contribution in [-0.4, -0.2) is 90.1 Å². The Bertz CT molecular complexity index is 1410.